The van der Waals surface area contributed by atoms with Crippen LogP contribution in [0.5, 0.6) is 0 Å². The Balaban J connectivity index is 1.84. The van der Waals surface area contributed by atoms with Crippen molar-refractivity contribution < 1.29 is 9.90 Å². The van der Waals surface area contributed by atoms with E-state index in [2.05, 4.69) is 15.7 Å². The summed E-state index contributed by atoms with van der Waals surface area (Å²) in [5.74, 6) is -0.0644. The molecule has 100 valence electrons. The predicted octanol–water partition coefficient (Wildman–Crippen LogP) is 0.344. The third-order valence-electron chi connectivity index (χ3n) is 3.29. The summed E-state index contributed by atoms with van der Waals surface area (Å²) in [4.78, 5) is 11.2. The van der Waals surface area contributed by atoms with Crippen molar-refractivity contribution in [2.24, 2.45) is 0 Å². The lowest BCUT2D eigenvalue weighted by Crippen LogP contribution is -2.28. The van der Waals surface area contributed by atoms with E-state index in [1.807, 2.05) is 6.20 Å². The van der Waals surface area contributed by atoms with Gasteiger partial charge in [0.15, 0.2) is 0 Å². The van der Waals surface area contributed by atoms with E-state index in [0.29, 0.717) is 6.04 Å². The number of nitrogens with zero attached hydrogens (tertiary/aromatic N) is 2. The number of likely N-dealkylation sites (N-methyl/N-ethyl adjacent to an activating group) is 1. The van der Waals surface area contributed by atoms with E-state index in [-0.39, 0.29) is 18.6 Å². The molecule has 1 aromatic rings. The van der Waals surface area contributed by atoms with Gasteiger partial charge < -0.3 is 15.7 Å². The minimum Gasteiger partial charge on any atom is -0.393 e. The lowest BCUT2D eigenvalue weighted by atomic mass is 9.93. The van der Waals surface area contributed by atoms with Gasteiger partial charge in [-0.3, -0.25) is 9.48 Å². The molecule has 0 unspecified atom stereocenters. The molecule has 2 rings (SSSR count). The van der Waals surface area contributed by atoms with Crippen LogP contribution < -0.4 is 10.6 Å². The third kappa shape index (κ3) is 3.46. The highest BCUT2D eigenvalue weighted by Gasteiger charge is 2.19. The molecule has 0 saturated heterocycles. The van der Waals surface area contributed by atoms with Crippen molar-refractivity contribution in [2.45, 2.75) is 44.4 Å². The number of rotatable bonds is 4. The Morgan fingerprint density at radius 2 is 2.22 bits per heavy atom. The fourth-order valence-corrected chi connectivity index (χ4v) is 2.21. The number of carbonyl (C=O) groups excluding carboxylic acids is 1. The Kier molecular flexibility index (Phi) is 4.19. The number of amides is 1. The minimum absolute atomic E-state index is 0.0644. The smallest absolute Gasteiger partial charge is 0.241 e. The van der Waals surface area contributed by atoms with Crippen molar-refractivity contribution in [3.63, 3.8) is 0 Å². The number of hydrogen-bond acceptors (Lipinski definition) is 4. The quantitative estimate of drug-likeness (QED) is 0.722. The summed E-state index contributed by atoms with van der Waals surface area (Å²) in [5, 5.41) is 19.5. The first-order valence-electron chi connectivity index (χ1n) is 6.35. The SMILES string of the molecule is CNC(=O)Cn1cc(NC2CCC(O)CC2)cn1. The van der Waals surface area contributed by atoms with E-state index in [1.54, 1.807) is 17.9 Å². The monoisotopic (exact) mass is 252 g/mol. The van der Waals surface area contributed by atoms with Crippen LogP contribution in [-0.4, -0.2) is 40.0 Å². The van der Waals surface area contributed by atoms with Crippen LogP contribution in [0.4, 0.5) is 5.69 Å². The second-order valence-corrected chi connectivity index (χ2v) is 4.75. The summed E-state index contributed by atoms with van der Waals surface area (Å²) in [6.45, 7) is 0.238. The lowest BCUT2D eigenvalue weighted by Gasteiger charge is -2.26. The van der Waals surface area contributed by atoms with E-state index in [9.17, 15) is 9.90 Å². The zero-order valence-electron chi connectivity index (χ0n) is 10.6. The average Bonchev–Trinajstić information content (AvgIpc) is 2.79. The van der Waals surface area contributed by atoms with Crippen molar-refractivity contribution in [1.82, 2.24) is 15.1 Å². The molecule has 1 aliphatic rings. The molecule has 18 heavy (non-hydrogen) atoms. The fourth-order valence-electron chi connectivity index (χ4n) is 2.21. The van der Waals surface area contributed by atoms with Crippen molar-refractivity contribution in [3.05, 3.63) is 12.4 Å². The number of aliphatic hydroxyl groups excluding tert-OH is 1. The molecule has 0 bridgehead atoms. The first kappa shape index (κ1) is 12.9. The summed E-state index contributed by atoms with van der Waals surface area (Å²) in [6, 6.07) is 0.394. The molecule has 0 radical (unpaired) electrons. The van der Waals surface area contributed by atoms with Crippen molar-refractivity contribution >= 4 is 11.6 Å². The van der Waals surface area contributed by atoms with Crippen molar-refractivity contribution in [3.8, 4) is 0 Å². The van der Waals surface area contributed by atoms with Crippen LogP contribution in [0.2, 0.25) is 0 Å². The van der Waals surface area contributed by atoms with E-state index in [1.165, 1.54) is 0 Å². The molecular formula is C12H20N4O2. The highest BCUT2D eigenvalue weighted by molar-refractivity contribution is 5.75. The molecule has 1 saturated carbocycles. The molecule has 1 fully saturated rings. The molecule has 0 atom stereocenters. The second kappa shape index (κ2) is 5.86. The molecule has 6 nitrogen and oxygen atoms in total. The largest absolute Gasteiger partial charge is 0.393 e. The maximum atomic E-state index is 11.2. The number of hydrogen-bond donors (Lipinski definition) is 3. The van der Waals surface area contributed by atoms with Gasteiger partial charge in [0.1, 0.15) is 6.54 Å². The maximum Gasteiger partial charge on any atom is 0.241 e. The Labute approximate surface area is 106 Å². The molecule has 1 amide bonds. The highest BCUT2D eigenvalue weighted by Crippen LogP contribution is 2.21. The first-order chi connectivity index (χ1) is 8.67. The van der Waals surface area contributed by atoms with Crippen LogP contribution in [0.3, 0.4) is 0 Å². The minimum atomic E-state index is -0.140. The van der Waals surface area contributed by atoms with Gasteiger partial charge in [-0.2, -0.15) is 5.10 Å². The van der Waals surface area contributed by atoms with Gasteiger partial charge in [-0.15, -0.1) is 0 Å². The average molecular weight is 252 g/mol. The van der Waals surface area contributed by atoms with Crippen molar-refractivity contribution in [2.75, 3.05) is 12.4 Å². The summed E-state index contributed by atoms with van der Waals surface area (Å²) in [7, 11) is 1.61. The zero-order chi connectivity index (χ0) is 13.0. The molecular weight excluding hydrogens is 232 g/mol. The number of anilines is 1. The molecule has 1 heterocycles. The highest BCUT2D eigenvalue weighted by atomic mass is 16.3. The van der Waals surface area contributed by atoms with Crippen LogP contribution in [-0.2, 0) is 11.3 Å². The van der Waals surface area contributed by atoms with E-state index in [4.69, 9.17) is 0 Å². The maximum absolute atomic E-state index is 11.2. The predicted molar refractivity (Wildman–Crippen MR) is 68.2 cm³/mol. The third-order valence-corrected chi connectivity index (χ3v) is 3.29. The summed E-state index contributed by atoms with van der Waals surface area (Å²) >= 11 is 0. The van der Waals surface area contributed by atoms with Gasteiger partial charge in [-0.05, 0) is 25.7 Å². The van der Waals surface area contributed by atoms with Crippen LogP contribution in [0, 0.1) is 0 Å². The number of aliphatic hydroxyl groups is 1. The van der Waals surface area contributed by atoms with E-state index >= 15 is 0 Å². The standard InChI is InChI=1S/C12H20N4O2/c1-13-12(18)8-16-7-10(6-14-16)15-9-2-4-11(17)5-3-9/h6-7,9,11,15,17H,2-5,8H2,1H3,(H,13,18). The van der Waals surface area contributed by atoms with Gasteiger partial charge in [0.25, 0.3) is 0 Å². The summed E-state index contributed by atoms with van der Waals surface area (Å²) in [5.41, 5.74) is 0.931. The number of nitrogens with one attached hydrogen (secondary N) is 2. The van der Waals surface area contributed by atoms with Gasteiger partial charge >= 0.3 is 0 Å². The Bertz CT molecular complexity index is 397. The summed E-state index contributed by atoms with van der Waals surface area (Å²) < 4.78 is 1.61. The molecule has 1 aliphatic carbocycles. The fraction of sp³-hybridized carbons (Fsp3) is 0.667. The van der Waals surface area contributed by atoms with E-state index in [0.717, 1.165) is 31.4 Å². The Morgan fingerprint density at radius 3 is 2.89 bits per heavy atom. The van der Waals surface area contributed by atoms with Gasteiger partial charge in [-0.1, -0.05) is 0 Å². The lowest BCUT2D eigenvalue weighted by molar-refractivity contribution is -0.121. The molecule has 6 heteroatoms. The van der Waals surface area contributed by atoms with Gasteiger partial charge in [0.05, 0.1) is 18.0 Å². The van der Waals surface area contributed by atoms with Gasteiger partial charge in [0, 0.05) is 19.3 Å². The van der Waals surface area contributed by atoms with Crippen LogP contribution >= 0.6 is 0 Å². The molecule has 1 aromatic heterocycles. The topological polar surface area (TPSA) is 79.2 Å². The molecule has 0 aromatic carbocycles. The second-order valence-electron chi connectivity index (χ2n) is 4.75. The Hall–Kier alpha value is -1.56. The van der Waals surface area contributed by atoms with Crippen molar-refractivity contribution in [1.29, 1.82) is 0 Å². The molecule has 3 N–H and O–H groups in total. The number of aromatic nitrogens is 2. The summed E-state index contributed by atoms with van der Waals surface area (Å²) in [6.07, 6.45) is 7.07. The zero-order valence-corrected chi connectivity index (χ0v) is 10.6. The number of carbonyl (C=O) groups is 1. The first-order valence-corrected chi connectivity index (χ1v) is 6.35. The van der Waals surface area contributed by atoms with Crippen LogP contribution in [0.25, 0.3) is 0 Å². The molecule has 0 spiro atoms. The Morgan fingerprint density at radius 1 is 1.50 bits per heavy atom. The van der Waals surface area contributed by atoms with E-state index < -0.39 is 0 Å². The van der Waals surface area contributed by atoms with Crippen LogP contribution in [0.15, 0.2) is 12.4 Å². The van der Waals surface area contributed by atoms with Gasteiger partial charge in [-0.25, -0.2) is 0 Å². The van der Waals surface area contributed by atoms with Gasteiger partial charge in [0.2, 0.25) is 5.91 Å². The molecule has 0 aliphatic heterocycles. The normalized spacial score (nSPS) is 23.7. The van der Waals surface area contributed by atoms with Crippen LogP contribution in [0.1, 0.15) is 25.7 Å².